The molecule has 1 aliphatic rings. The SMILES string of the molecule is Cc1ccc(CN(Cc2ccccc2)C(=O)CN(CCN2CCOCC2)C(=O)Nc2cc(C(F)(F)F)cc(C(F)(F)F)c2)s1. The van der Waals surface area contributed by atoms with Gasteiger partial charge in [-0.1, -0.05) is 30.3 Å². The number of anilines is 1. The van der Waals surface area contributed by atoms with E-state index in [1.165, 1.54) is 11.3 Å². The molecule has 2 heterocycles. The van der Waals surface area contributed by atoms with Crippen LogP contribution in [-0.4, -0.2) is 72.6 Å². The van der Waals surface area contributed by atoms with Gasteiger partial charge >= 0.3 is 18.4 Å². The number of alkyl halides is 6. The quantitative estimate of drug-likeness (QED) is 0.257. The third-order valence-electron chi connectivity index (χ3n) is 6.95. The van der Waals surface area contributed by atoms with Crippen LogP contribution in [0.4, 0.5) is 36.8 Å². The van der Waals surface area contributed by atoms with Crippen LogP contribution < -0.4 is 5.32 Å². The average molecular weight is 643 g/mol. The molecule has 0 unspecified atom stereocenters. The van der Waals surface area contributed by atoms with Gasteiger partial charge in [-0.2, -0.15) is 26.3 Å². The molecule has 0 atom stereocenters. The highest BCUT2D eigenvalue weighted by Crippen LogP contribution is 2.37. The van der Waals surface area contributed by atoms with Crippen molar-refractivity contribution in [1.82, 2.24) is 14.7 Å². The van der Waals surface area contributed by atoms with Crippen LogP contribution in [0.25, 0.3) is 0 Å². The van der Waals surface area contributed by atoms with Crippen molar-refractivity contribution in [2.75, 3.05) is 51.3 Å². The van der Waals surface area contributed by atoms with Gasteiger partial charge in [-0.15, -0.1) is 11.3 Å². The maximum absolute atomic E-state index is 13.7. The molecular formula is C30H32F6N4O3S. The number of nitrogens with zero attached hydrogens (tertiary/aromatic N) is 3. The molecule has 1 saturated heterocycles. The highest BCUT2D eigenvalue weighted by atomic mass is 32.1. The summed E-state index contributed by atoms with van der Waals surface area (Å²) in [6.45, 7) is 4.40. The second-order valence-electron chi connectivity index (χ2n) is 10.3. The molecule has 3 amide bonds. The van der Waals surface area contributed by atoms with Gasteiger partial charge in [0, 0.05) is 48.2 Å². The van der Waals surface area contributed by atoms with E-state index in [0.717, 1.165) is 20.2 Å². The third kappa shape index (κ3) is 9.69. The fourth-order valence-corrected chi connectivity index (χ4v) is 5.53. The number of nitrogens with one attached hydrogen (secondary N) is 1. The smallest absolute Gasteiger partial charge is 0.379 e. The Morgan fingerprint density at radius 2 is 1.52 bits per heavy atom. The van der Waals surface area contributed by atoms with Gasteiger partial charge in [-0.3, -0.25) is 9.69 Å². The summed E-state index contributed by atoms with van der Waals surface area (Å²) in [4.78, 5) is 33.8. The van der Waals surface area contributed by atoms with Gasteiger partial charge in [-0.05, 0) is 42.8 Å². The Morgan fingerprint density at radius 3 is 2.09 bits per heavy atom. The largest absolute Gasteiger partial charge is 0.416 e. The number of morpholine rings is 1. The van der Waals surface area contributed by atoms with Crippen molar-refractivity contribution in [2.45, 2.75) is 32.4 Å². The number of amides is 3. The molecule has 14 heteroatoms. The normalized spacial score (nSPS) is 14.3. The topological polar surface area (TPSA) is 65.1 Å². The first-order valence-electron chi connectivity index (χ1n) is 13.8. The maximum atomic E-state index is 13.7. The Balaban J connectivity index is 1.58. The second-order valence-corrected chi connectivity index (χ2v) is 11.7. The van der Waals surface area contributed by atoms with Crippen LogP contribution in [0.2, 0.25) is 0 Å². The highest BCUT2D eigenvalue weighted by molar-refractivity contribution is 7.11. The Labute approximate surface area is 255 Å². The number of rotatable bonds is 10. The van der Waals surface area contributed by atoms with E-state index in [1.807, 2.05) is 54.3 Å². The molecule has 2 aromatic carbocycles. The Bertz CT molecular complexity index is 1380. The predicted octanol–water partition coefficient (Wildman–Crippen LogP) is 6.49. The van der Waals surface area contributed by atoms with Gasteiger partial charge < -0.3 is 19.9 Å². The van der Waals surface area contributed by atoms with Gasteiger partial charge in [0.25, 0.3) is 0 Å². The van der Waals surface area contributed by atoms with Crippen molar-refractivity contribution < 1.29 is 40.7 Å². The molecule has 238 valence electrons. The van der Waals surface area contributed by atoms with Gasteiger partial charge in [0.05, 0.1) is 30.9 Å². The average Bonchev–Trinajstić information content (AvgIpc) is 3.39. The van der Waals surface area contributed by atoms with E-state index in [9.17, 15) is 35.9 Å². The molecule has 1 aromatic heterocycles. The number of hydrogen-bond donors (Lipinski definition) is 1. The molecule has 4 rings (SSSR count). The van der Waals surface area contributed by atoms with E-state index in [1.54, 1.807) is 4.90 Å². The zero-order valence-corrected chi connectivity index (χ0v) is 24.7. The first kappa shape index (κ1) is 33.3. The van der Waals surface area contributed by atoms with E-state index in [-0.39, 0.29) is 25.7 Å². The van der Waals surface area contributed by atoms with Gasteiger partial charge in [0.15, 0.2) is 0 Å². The summed E-state index contributed by atoms with van der Waals surface area (Å²) in [6, 6.07) is 12.9. The van der Waals surface area contributed by atoms with Crippen molar-refractivity contribution >= 4 is 29.0 Å². The van der Waals surface area contributed by atoms with Crippen LogP contribution in [0.1, 0.15) is 26.4 Å². The number of urea groups is 1. The van der Waals surface area contributed by atoms with E-state index >= 15 is 0 Å². The lowest BCUT2D eigenvalue weighted by Crippen LogP contribution is -2.48. The number of hydrogen-bond acceptors (Lipinski definition) is 5. The molecule has 1 aliphatic heterocycles. The van der Waals surface area contributed by atoms with E-state index in [4.69, 9.17) is 4.74 Å². The lowest BCUT2D eigenvalue weighted by molar-refractivity contribution is -0.143. The monoisotopic (exact) mass is 642 g/mol. The molecule has 0 aliphatic carbocycles. The number of halogens is 6. The number of ether oxygens (including phenoxy) is 1. The minimum absolute atomic E-state index is 0.0000496. The van der Waals surface area contributed by atoms with Crippen molar-refractivity contribution in [3.63, 3.8) is 0 Å². The first-order valence-corrected chi connectivity index (χ1v) is 14.6. The van der Waals surface area contributed by atoms with Gasteiger partial charge in [-0.25, -0.2) is 4.79 Å². The predicted molar refractivity (Wildman–Crippen MR) is 154 cm³/mol. The number of aryl methyl sites for hydroxylation is 1. The van der Waals surface area contributed by atoms with Crippen LogP contribution in [-0.2, 0) is 35.0 Å². The molecule has 0 saturated carbocycles. The molecule has 44 heavy (non-hydrogen) atoms. The maximum Gasteiger partial charge on any atom is 0.416 e. The summed E-state index contributed by atoms with van der Waals surface area (Å²) in [5, 5.41) is 2.18. The number of carbonyl (C=O) groups is 2. The van der Waals surface area contributed by atoms with Crippen molar-refractivity contribution in [3.8, 4) is 0 Å². The minimum atomic E-state index is -5.08. The van der Waals surface area contributed by atoms with Crippen molar-refractivity contribution in [1.29, 1.82) is 0 Å². The second kappa shape index (κ2) is 14.4. The fourth-order valence-electron chi connectivity index (χ4n) is 4.63. The van der Waals surface area contributed by atoms with Crippen LogP contribution in [0.15, 0.2) is 60.7 Å². The number of thiophene rings is 1. The lowest BCUT2D eigenvalue weighted by atomic mass is 10.1. The summed E-state index contributed by atoms with van der Waals surface area (Å²) in [6.07, 6.45) is -10.2. The molecule has 1 fully saturated rings. The Morgan fingerprint density at radius 1 is 0.886 bits per heavy atom. The van der Waals surface area contributed by atoms with E-state index < -0.39 is 47.6 Å². The summed E-state index contributed by atoms with van der Waals surface area (Å²) < 4.78 is 85.9. The molecule has 0 bridgehead atoms. The van der Waals surface area contributed by atoms with Crippen molar-refractivity contribution in [3.05, 3.63) is 87.1 Å². The van der Waals surface area contributed by atoms with Crippen LogP contribution in [0, 0.1) is 6.92 Å². The molecule has 7 nitrogen and oxygen atoms in total. The lowest BCUT2D eigenvalue weighted by Gasteiger charge is -2.31. The third-order valence-corrected chi connectivity index (χ3v) is 7.94. The number of carbonyl (C=O) groups excluding carboxylic acids is 2. The zero-order chi connectivity index (χ0) is 31.9. The zero-order valence-electron chi connectivity index (χ0n) is 23.9. The van der Waals surface area contributed by atoms with Gasteiger partial charge in [0.2, 0.25) is 5.91 Å². The molecule has 0 spiro atoms. The standard InChI is InChI=1S/C30H32F6N4O3S/c1-21-7-8-26(44-21)19-40(18-22-5-3-2-4-6-22)27(41)20-39(10-9-38-11-13-43-14-12-38)28(42)37-25-16-23(29(31,32)33)15-24(17-25)30(34,35)36/h2-8,15-17H,9-14,18-20H2,1H3,(H,37,42). The number of benzene rings is 2. The van der Waals surface area contributed by atoms with Crippen LogP contribution in [0.3, 0.4) is 0 Å². The minimum Gasteiger partial charge on any atom is -0.379 e. The fraction of sp³-hybridized carbons (Fsp3) is 0.400. The van der Waals surface area contributed by atoms with E-state index in [2.05, 4.69) is 5.32 Å². The summed E-state index contributed by atoms with van der Waals surface area (Å²) >= 11 is 1.52. The highest BCUT2D eigenvalue weighted by Gasteiger charge is 2.37. The summed E-state index contributed by atoms with van der Waals surface area (Å²) in [7, 11) is 0. The van der Waals surface area contributed by atoms with Gasteiger partial charge in [0.1, 0.15) is 6.54 Å². The molecule has 1 N–H and O–H groups in total. The van der Waals surface area contributed by atoms with Crippen LogP contribution in [0.5, 0.6) is 0 Å². The van der Waals surface area contributed by atoms with Crippen LogP contribution >= 0.6 is 11.3 Å². The molecule has 0 radical (unpaired) electrons. The molecular weight excluding hydrogens is 610 g/mol. The Kier molecular flexibility index (Phi) is 10.9. The summed E-state index contributed by atoms with van der Waals surface area (Å²) in [5.41, 5.74) is -2.95. The molecule has 3 aromatic rings. The van der Waals surface area contributed by atoms with E-state index in [0.29, 0.717) is 45.0 Å². The summed E-state index contributed by atoms with van der Waals surface area (Å²) in [5.74, 6) is -0.433. The van der Waals surface area contributed by atoms with Crippen molar-refractivity contribution in [2.24, 2.45) is 0 Å². The first-order chi connectivity index (χ1) is 20.8. The Hall–Kier alpha value is -3.62.